The third-order valence-electron chi connectivity index (χ3n) is 5.24. The van der Waals surface area contributed by atoms with Crippen LogP contribution in [0.2, 0.25) is 0 Å². The van der Waals surface area contributed by atoms with E-state index in [1.54, 1.807) is 35.2 Å². The lowest BCUT2D eigenvalue weighted by Gasteiger charge is -2.19. The van der Waals surface area contributed by atoms with Crippen molar-refractivity contribution in [3.05, 3.63) is 53.6 Å². The van der Waals surface area contributed by atoms with Crippen molar-refractivity contribution in [2.24, 2.45) is 0 Å². The van der Waals surface area contributed by atoms with Gasteiger partial charge in [0.2, 0.25) is 17.7 Å². The zero-order chi connectivity index (χ0) is 20.5. The van der Waals surface area contributed by atoms with Gasteiger partial charge >= 0.3 is 0 Å². The number of rotatable bonds is 4. The summed E-state index contributed by atoms with van der Waals surface area (Å²) in [4.78, 5) is 51.4. The minimum atomic E-state index is -0.338. The first-order valence-electron chi connectivity index (χ1n) is 9.62. The Hall–Kier alpha value is -3.48. The Morgan fingerprint density at radius 2 is 1.69 bits per heavy atom. The number of carbonyl (C=O) groups excluding carboxylic acids is 4. The minimum absolute atomic E-state index is 0.118. The number of aryl methyl sites for hydroxylation is 1. The highest BCUT2D eigenvalue weighted by atomic mass is 16.2. The van der Waals surface area contributed by atoms with E-state index < -0.39 is 0 Å². The third-order valence-corrected chi connectivity index (χ3v) is 5.24. The smallest absolute Gasteiger partial charge is 0.255 e. The van der Waals surface area contributed by atoms with E-state index in [0.717, 1.165) is 22.6 Å². The molecule has 2 heterocycles. The van der Waals surface area contributed by atoms with Crippen LogP contribution in [0.25, 0.3) is 0 Å². The molecule has 2 aromatic rings. The maximum atomic E-state index is 12.7. The number of imide groups is 1. The standard InChI is InChI=1S/C22H21N3O4/c1-14-12-16(7-8-18(14)24-11-3-6-19(24)26)23-22(29)15-4-2-5-17(13-15)25-20(27)9-10-21(25)28/h2,4-5,7-8,12-13H,3,6,9-11H2,1H3,(H,23,29). The largest absolute Gasteiger partial charge is 0.322 e. The van der Waals surface area contributed by atoms with Gasteiger partial charge in [0.05, 0.1) is 5.69 Å². The van der Waals surface area contributed by atoms with Crippen LogP contribution in [-0.4, -0.2) is 30.2 Å². The lowest BCUT2D eigenvalue weighted by Crippen LogP contribution is -2.28. The molecular weight excluding hydrogens is 370 g/mol. The van der Waals surface area contributed by atoms with Gasteiger partial charge in [0.25, 0.3) is 5.91 Å². The molecule has 7 nitrogen and oxygen atoms in total. The molecule has 0 aliphatic carbocycles. The van der Waals surface area contributed by atoms with Crippen molar-refractivity contribution < 1.29 is 19.2 Å². The van der Waals surface area contributed by atoms with E-state index in [0.29, 0.717) is 29.9 Å². The number of carbonyl (C=O) groups is 4. The number of benzene rings is 2. The summed E-state index contributed by atoms with van der Waals surface area (Å²) >= 11 is 0. The van der Waals surface area contributed by atoms with E-state index in [1.165, 1.54) is 0 Å². The van der Waals surface area contributed by atoms with Crippen molar-refractivity contribution in [1.29, 1.82) is 0 Å². The second-order valence-corrected chi connectivity index (χ2v) is 7.28. The Morgan fingerprint density at radius 3 is 2.34 bits per heavy atom. The van der Waals surface area contributed by atoms with Crippen molar-refractivity contribution in [2.45, 2.75) is 32.6 Å². The molecule has 1 N–H and O–H groups in total. The van der Waals surface area contributed by atoms with E-state index in [4.69, 9.17) is 0 Å². The zero-order valence-corrected chi connectivity index (χ0v) is 16.1. The average molecular weight is 391 g/mol. The summed E-state index contributed by atoms with van der Waals surface area (Å²) in [5.41, 5.74) is 3.14. The van der Waals surface area contributed by atoms with Gasteiger partial charge in [-0.1, -0.05) is 6.07 Å². The fraction of sp³-hybridized carbons (Fsp3) is 0.273. The number of anilines is 3. The van der Waals surface area contributed by atoms with E-state index in [1.807, 2.05) is 19.1 Å². The molecule has 29 heavy (non-hydrogen) atoms. The van der Waals surface area contributed by atoms with Crippen LogP contribution in [0.1, 0.15) is 41.6 Å². The summed E-state index contributed by atoms with van der Waals surface area (Å²) in [5, 5.41) is 2.84. The molecule has 4 amide bonds. The van der Waals surface area contributed by atoms with Crippen LogP contribution in [-0.2, 0) is 14.4 Å². The molecule has 4 rings (SSSR count). The summed E-state index contributed by atoms with van der Waals surface area (Å²) in [6.45, 7) is 2.62. The van der Waals surface area contributed by atoms with Gasteiger partial charge in [0, 0.05) is 42.7 Å². The molecule has 2 aromatic carbocycles. The Bertz CT molecular complexity index is 1010. The second kappa shape index (κ2) is 7.50. The minimum Gasteiger partial charge on any atom is -0.322 e. The van der Waals surface area contributed by atoms with E-state index in [-0.39, 0.29) is 36.5 Å². The molecule has 0 saturated carbocycles. The van der Waals surface area contributed by atoms with E-state index >= 15 is 0 Å². The van der Waals surface area contributed by atoms with Crippen LogP contribution >= 0.6 is 0 Å². The molecule has 0 atom stereocenters. The van der Waals surface area contributed by atoms with Crippen molar-refractivity contribution in [2.75, 3.05) is 21.7 Å². The number of hydrogen-bond acceptors (Lipinski definition) is 4. The molecule has 0 spiro atoms. The van der Waals surface area contributed by atoms with Gasteiger partial charge in [0.1, 0.15) is 0 Å². The molecule has 2 fully saturated rings. The summed E-state index contributed by atoms with van der Waals surface area (Å²) in [6.07, 6.45) is 1.81. The molecule has 2 aliphatic rings. The van der Waals surface area contributed by atoms with Gasteiger partial charge in [-0.25, -0.2) is 0 Å². The Morgan fingerprint density at radius 1 is 0.931 bits per heavy atom. The fourth-order valence-electron chi connectivity index (χ4n) is 3.79. The van der Waals surface area contributed by atoms with Crippen molar-refractivity contribution in [1.82, 2.24) is 0 Å². The van der Waals surface area contributed by atoms with Crippen molar-refractivity contribution >= 4 is 40.7 Å². The summed E-state index contributed by atoms with van der Waals surface area (Å²) < 4.78 is 0. The van der Waals surface area contributed by atoms with Gasteiger partial charge in [-0.3, -0.25) is 24.1 Å². The van der Waals surface area contributed by atoms with Crippen molar-refractivity contribution in [3.8, 4) is 0 Å². The van der Waals surface area contributed by atoms with Crippen LogP contribution in [0.5, 0.6) is 0 Å². The molecule has 2 saturated heterocycles. The maximum Gasteiger partial charge on any atom is 0.255 e. The quantitative estimate of drug-likeness (QED) is 0.812. The van der Waals surface area contributed by atoms with Crippen LogP contribution in [0.3, 0.4) is 0 Å². The van der Waals surface area contributed by atoms with Crippen LogP contribution in [0, 0.1) is 6.92 Å². The van der Waals surface area contributed by atoms with Crippen LogP contribution < -0.4 is 15.1 Å². The predicted molar refractivity (Wildman–Crippen MR) is 109 cm³/mol. The first-order chi connectivity index (χ1) is 13.9. The SMILES string of the molecule is Cc1cc(NC(=O)c2cccc(N3C(=O)CCC3=O)c2)ccc1N1CCCC1=O. The lowest BCUT2D eigenvalue weighted by molar-refractivity contribution is -0.121. The first kappa shape index (κ1) is 18.9. The fourth-order valence-corrected chi connectivity index (χ4v) is 3.79. The molecule has 0 aromatic heterocycles. The molecule has 148 valence electrons. The normalized spacial score (nSPS) is 16.7. The molecule has 0 radical (unpaired) electrons. The Balaban J connectivity index is 1.52. The van der Waals surface area contributed by atoms with E-state index in [2.05, 4.69) is 5.32 Å². The Kier molecular flexibility index (Phi) is 4.88. The molecule has 2 aliphatic heterocycles. The zero-order valence-electron chi connectivity index (χ0n) is 16.1. The third kappa shape index (κ3) is 3.63. The van der Waals surface area contributed by atoms with Crippen LogP contribution in [0.4, 0.5) is 17.1 Å². The first-order valence-corrected chi connectivity index (χ1v) is 9.62. The summed E-state index contributed by atoms with van der Waals surface area (Å²) in [5.74, 6) is -0.728. The number of nitrogens with zero attached hydrogens (tertiary/aromatic N) is 2. The van der Waals surface area contributed by atoms with Gasteiger partial charge in [0.15, 0.2) is 0 Å². The number of hydrogen-bond donors (Lipinski definition) is 1. The van der Waals surface area contributed by atoms with E-state index in [9.17, 15) is 19.2 Å². The second-order valence-electron chi connectivity index (χ2n) is 7.28. The van der Waals surface area contributed by atoms with Gasteiger partial charge in [-0.05, 0) is 55.3 Å². The van der Waals surface area contributed by atoms with Gasteiger partial charge < -0.3 is 10.2 Å². The monoisotopic (exact) mass is 391 g/mol. The molecular formula is C22H21N3O4. The maximum absolute atomic E-state index is 12.7. The lowest BCUT2D eigenvalue weighted by atomic mass is 10.1. The highest BCUT2D eigenvalue weighted by Crippen LogP contribution is 2.28. The highest BCUT2D eigenvalue weighted by molar-refractivity contribution is 6.20. The molecule has 0 unspecified atom stereocenters. The Labute approximate surface area is 168 Å². The van der Waals surface area contributed by atoms with Crippen molar-refractivity contribution in [3.63, 3.8) is 0 Å². The summed E-state index contributed by atoms with van der Waals surface area (Å²) in [6, 6.07) is 11.9. The molecule has 7 heteroatoms. The number of nitrogens with one attached hydrogen (secondary N) is 1. The van der Waals surface area contributed by atoms with Gasteiger partial charge in [-0.15, -0.1) is 0 Å². The predicted octanol–water partition coefficient (Wildman–Crippen LogP) is 3.03. The number of amides is 4. The average Bonchev–Trinajstić information content (AvgIpc) is 3.27. The molecule has 0 bridgehead atoms. The van der Waals surface area contributed by atoms with Gasteiger partial charge in [-0.2, -0.15) is 0 Å². The van der Waals surface area contributed by atoms with Crippen LogP contribution in [0.15, 0.2) is 42.5 Å². The topological polar surface area (TPSA) is 86.8 Å². The highest BCUT2D eigenvalue weighted by Gasteiger charge is 2.30. The summed E-state index contributed by atoms with van der Waals surface area (Å²) in [7, 11) is 0.